The van der Waals surface area contributed by atoms with Gasteiger partial charge in [-0.15, -0.1) is 0 Å². The Hall–Kier alpha value is -1.86. The van der Waals surface area contributed by atoms with Gasteiger partial charge in [0.05, 0.1) is 31.3 Å². The van der Waals surface area contributed by atoms with Crippen molar-refractivity contribution in [2.75, 3.05) is 6.61 Å². The fourth-order valence-electron chi connectivity index (χ4n) is 1.83. The summed E-state index contributed by atoms with van der Waals surface area (Å²) in [5.41, 5.74) is 2.77. The van der Waals surface area contributed by atoms with Gasteiger partial charge in [0.2, 0.25) is 0 Å². The molecule has 0 fully saturated rings. The molecule has 18 heavy (non-hydrogen) atoms. The molecule has 0 atom stereocenters. The number of nitriles is 1. The maximum Gasteiger partial charge on any atom is 0.310 e. The zero-order chi connectivity index (χ0) is 13.5. The minimum absolute atomic E-state index is 0.0927. The number of hydrogen-bond acceptors (Lipinski definition) is 4. The molecule has 0 saturated carbocycles. The molecule has 0 amide bonds. The van der Waals surface area contributed by atoms with Crippen molar-refractivity contribution in [2.24, 2.45) is 0 Å². The third-order valence-corrected chi connectivity index (χ3v) is 2.74. The van der Waals surface area contributed by atoms with Crippen LogP contribution >= 0.6 is 0 Å². The number of carbonyl (C=O) groups is 1. The summed E-state index contributed by atoms with van der Waals surface area (Å²) >= 11 is 0. The van der Waals surface area contributed by atoms with Crippen molar-refractivity contribution in [3.63, 3.8) is 0 Å². The van der Waals surface area contributed by atoms with Crippen molar-refractivity contribution in [3.05, 3.63) is 34.4 Å². The molecule has 0 heterocycles. The zero-order valence-corrected chi connectivity index (χ0v) is 10.7. The Morgan fingerprint density at radius 1 is 1.33 bits per heavy atom. The molecular formula is C14H17NO3. The van der Waals surface area contributed by atoms with Gasteiger partial charge in [-0.1, -0.05) is 13.0 Å². The first-order chi connectivity index (χ1) is 8.65. The molecule has 1 rings (SSSR count). The number of rotatable bonds is 5. The lowest BCUT2D eigenvalue weighted by Crippen LogP contribution is -2.10. The van der Waals surface area contributed by atoms with Gasteiger partial charge in [0.1, 0.15) is 0 Å². The summed E-state index contributed by atoms with van der Waals surface area (Å²) in [6.45, 7) is 3.94. The molecule has 1 aromatic carbocycles. The maximum absolute atomic E-state index is 11.5. The van der Waals surface area contributed by atoms with Crippen LogP contribution in [0.3, 0.4) is 0 Å². The fourth-order valence-corrected chi connectivity index (χ4v) is 1.83. The van der Waals surface area contributed by atoms with Crippen LogP contribution in [0.25, 0.3) is 0 Å². The van der Waals surface area contributed by atoms with Crippen LogP contribution in [0.2, 0.25) is 0 Å². The summed E-state index contributed by atoms with van der Waals surface area (Å²) < 4.78 is 4.88. The van der Waals surface area contributed by atoms with Gasteiger partial charge < -0.3 is 9.84 Å². The smallest absolute Gasteiger partial charge is 0.310 e. The van der Waals surface area contributed by atoms with Gasteiger partial charge in [0.15, 0.2) is 0 Å². The number of nitrogens with zero attached hydrogens (tertiary/aromatic N) is 1. The topological polar surface area (TPSA) is 70.3 Å². The molecule has 0 aliphatic carbocycles. The Kier molecular flexibility index (Phi) is 5.34. The molecule has 0 saturated heterocycles. The summed E-state index contributed by atoms with van der Waals surface area (Å²) in [5.74, 6) is -0.340. The second-order valence-electron chi connectivity index (χ2n) is 3.88. The molecule has 0 spiro atoms. The van der Waals surface area contributed by atoms with Crippen LogP contribution in [-0.2, 0) is 29.0 Å². The maximum atomic E-state index is 11.5. The minimum Gasteiger partial charge on any atom is -0.466 e. The zero-order valence-electron chi connectivity index (χ0n) is 10.7. The van der Waals surface area contributed by atoms with E-state index < -0.39 is 0 Å². The van der Waals surface area contributed by atoms with E-state index in [1.807, 2.05) is 6.92 Å². The number of benzene rings is 1. The lowest BCUT2D eigenvalue weighted by Gasteiger charge is -2.10. The van der Waals surface area contributed by atoms with Crippen molar-refractivity contribution in [1.82, 2.24) is 0 Å². The van der Waals surface area contributed by atoms with Gasteiger partial charge in [-0.3, -0.25) is 4.79 Å². The highest BCUT2D eigenvalue weighted by Crippen LogP contribution is 2.18. The number of ether oxygens (including phenoxy) is 1. The van der Waals surface area contributed by atoms with E-state index in [1.54, 1.807) is 19.1 Å². The fraction of sp³-hybridized carbons (Fsp3) is 0.429. The molecule has 0 aromatic heterocycles. The van der Waals surface area contributed by atoms with Gasteiger partial charge in [-0.05, 0) is 36.1 Å². The van der Waals surface area contributed by atoms with Crippen LogP contribution in [-0.4, -0.2) is 17.7 Å². The standard InChI is InChI=1S/C14H17NO3/c1-3-10-5-11(7-14(17)18-4-2)12(8-15)6-13(10)9-16/h5-6,16H,3-4,7,9H2,1-2H3. The summed E-state index contributed by atoms with van der Waals surface area (Å²) in [4.78, 5) is 11.5. The molecule has 0 aliphatic heterocycles. The summed E-state index contributed by atoms with van der Waals surface area (Å²) in [6, 6.07) is 5.50. The molecule has 0 aliphatic rings. The van der Waals surface area contributed by atoms with Crippen molar-refractivity contribution in [2.45, 2.75) is 33.3 Å². The first-order valence-corrected chi connectivity index (χ1v) is 5.97. The average molecular weight is 247 g/mol. The van der Waals surface area contributed by atoms with Crippen LogP contribution in [0.1, 0.15) is 36.1 Å². The number of aryl methyl sites for hydroxylation is 1. The highest BCUT2D eigenvalue weighted by molar-refractivity contribution is 5.73. The highest BCUT2D eigenvalue weighted by atomic mass is 16.5. The number of aliphatic hydroxyl groups is 1. The van der Waals surface area contributed by atoms with E-state index in [1.165, 1.54) is 0 Å². The predicted molar refractivity (Wildman–Crippen MR) is 66.8 cm³/mol. The van der Waals surface area contributed by atoms with Crippen LogP contribution in [0, 0.1) is 11.3 Å². The molecule has 0 bridgehead atoms. The van der Waals surface area contributed by atoms with Crippen LogP contribution in [0.15, 0.2) is 12.1 Å². The summed E-state index contributed by atoms with van der Waals surface area (Å²) in [7, 11) is 0. The van der Waals surface area contributed by atoms with Crippen LogP contribution in [0.4, 0.5) is 0 Å². The van der Waals surface area contributed by atoms with E-state index in [0.717, 1.165) is 17.5 Å². The van der Waals surface area contributed by atoms with Gasteiger partial charge in [0, 0.05) is 0 Å². The van der Waals surface area contributed by atoms with Crippen molar-refractivity contribution in [1.29, 1.82) is 5.26 Å². The molecule has 0 unspecified atom stereocenters. The van der Waals surface area contributed by atoms with Gasteiger partial charge in [-0.2, -0.15) is 5.26 Å². The Morgan fingerprint density at radius 2 is 2.06 bits per heavy atom. The third-order valence-electron chi connectivity index (χ3n) is 2.74. The van der Waals surface area contributed by atoms with E-state index >= 15 is 0 Å². The van der Waals surface area contributed by atoms with Gasteiger partial charge >= 0.3 is 5.97 Å². The van der Waals surface area contributed by atoms with Gasteiger partial charge in [0.25, 0.3) is 0 Å². The quantitative estimate of drug-likeness (QED) is 0.804. The monoisotopic (exact) mass is 247 g/mol. The number of hydrogen-bond donors (Lipinski definition) is 1. The Labute approximate surface area is 107 Å². The normalized spacial score (nSPS) is 9.89. The highest BCUT2D eigenvalue weighted by Gasteiger charge is 2.12. The number of aliphatic hydroxyl groups excluding tert-OH is 1. The summed E-state index contributed by atoms with van der Waals surface area (Å²) in [5, 5.41) is 18.3. The number of carbonyl (C=O) groups excluding carboxylic acids is 1. The largest absolute Gasteiger partial charge is 0.466 e. The molecule has 96 valence electrons. The van der Waals surface area contributed by atoms with Crippen LogP contribution < -0.4 is 0 Å². The predicted octanol–water partition coefficient (Wildman–Crippen LogP) is 1.72. The molecule has 1 aromatic rings. The van der Waals surface area contributed by atoms with Crippen molar-refractivity contribution in [3.8, 4) is 6.07 Å². The van der Waals surface area contributed by atoms with E-state index in [-0.39, 0.29) is 19.0 Å². The van der Waals surface area contributed by atoms with E-state index in [4.69, 9.17) is 10.00 Å². The van der Waals surface area contributed by atoms with E-state index in [9.17, 15) is 9.90 Å². The molecule has 0 radical (unpaired) electrons. The van der Waals surface area contributed by atoms with Crippen molar-refractivity contribution < 1.29 is 14.6 Å². The second kappa shape index (κ2) is 6.77. The third kappa shape index (κ3) is 3.31. The second-order valence-corrected chi connectivity index (χ2v) is 3.88. The van der Waals surface area contributed by atoms with Gasteiger partial charge in [-0.25, -0.2) is 0 Å². The number of esters is 1. The Morgan fingerprint density at radius 3 is 2.56 bits per heavy atom. The SMILES string of the molecule is CCOC(=O)Cc1cc(CC)c(CO)cc1C#N. The first kappa shape index (κ1) is 14.2. The molecule has 4 heteroatoms. The Balaban J connectivity index is 3.10. The first-order valence-electron chi connectivity index (χ1n) is 5.97. The lowest BCUT2D eigenvalue weighted by atomic mass is 9.96. The van der Waals surface area contributed by atoms with Crippen molar-refractivity contribution >= 4 is 5.97 Å². The molecule has 4 nitrogen and oxygen atoms in total. The Bertz CT molecular complexity index is 475. The minimum atomic E-state index is -0.340. The molecule has 1 N–H and O–H groups in total. The average Bonchev–Trinajstić information content (AvgIpc) is 2.38. The van der Waals surface area contributed by atoms with Crippen LogP contribution in [0.5, 0.6) is 0 Å². The van der Waals surface area contributed by atoms with E-state index in [0.29, 0.717) is 17.7 Å². The van der Waals surface area contributed by atoms with E-state index in [2.05, 4.69) is 6.07 Å². The summed E-state index contributed by atoms with van der Waals surface area (Å²) in [6.07, 6.45) is 0.840. The lowest BCUT2D eigenvalue weighted by molar-refractivity contribution is -0.142. The molecular weight excluding hydrogens is 230 g/mol.